The third-order valence-corrected chi connectivity index (χ3v) is 5.33. The highest BCUT2D eigenvalue weighted by Crippen LogP contribution is 2.39. The van der Waals surface area contributed by atoms with Crippen molar-refractivity contribution in [2.24, 2.45) is 0 Å². The molecule has 0 N–H and O–H groups in total. The Hall–Kier alpha value is -3.52. The number of furan rings is 2. The maximum atomic E-state index is 6.32. The number of rotatable bonds is 1. The van der Waals surface area contributed by atoms with Gasteiger partial charge in [-0.2, -0.15) is 0 Å². The number of aryl methyl sites for hydroxylation is 1. The predicted octanol–water partition coefficient (Wildman–Crippen LogP) is 7.46. The van der Waals surface area contributed by atoms with Crippen LogP contribution in [0.2, 0.25) is 0 Å². The van der Waals surface area contributed by atoms with Crippen LogP contribution in [0, 0.1) is 6.92 Å². The molecule has 0 atom stereocenters. The minimum Gasteiger partial charge on any atom is -0.456 e. The van der Waals surface area contributed by atoms with E-state index in [4.69, 9.17) is 8.83 Å². The fourth-order valence-electron chi connectivity index (χ4n) is 4.06. The van der Waals surface area contributed by atoms with Crippen molar-refractivity contribution in [3.05, 3.63) is 84.4 Å². The van der Waals surface area contributed by atoms with Crippen LogP contribution in [0.1, 0.15) is 5.56 Å². The van der Waals surface area contributed by atoms with Crippen molar-refractivity contribution < 1.29 is 8.83 Å². The molecule has 0 unspecified atom stereocenters. The minimum atomic E-state index is 0.858. The van der Waals surface area contributed by atoms with Crippen LogP contribution in [0.5, 0.6) is 0 Å². The van der Waals surface area contributed by atoms with E-state index in [1.54, 1.807) is 0 Å². The molecule has 6 rings (SSSR count). The molecule has 0 fully saturated rings. The lowest BCUT2D eigenvalue weighted by Gasteiger charge is -2.03. The number of hydrogen-bond acceptors (Lipinski definition) is 2. The van der Waals surface area contributed by atoms with Crippen LogP contribution in [-0.2, 0) is 0 Å². The van der Waals surface area contributed by atoms with Crippen molar-refractivity contribution in [3.63, 3.8) is 0 Å². The van der Waals surface area contributed by atoms with Gasteiger partial charge < -0.3 is 8.83 Å². The first-order chi connectivity index (χ1) is 13.3. The van der Waals surface area contributed by atoms with E-state index in [9.17, 15) is 0 Å². The molecule has 0 radical (unpaired) electrons. The largest absolute Gasteiger partial charge is 0.456 e. The predicted molar refractivity (Wildman–Crippen MR) is 111 cm³/mol. The molecule has 0 saturated heterocycles. The lowest BCUT2D eigenvalue weighted by Crippen LogP contribution is -1.80. The Morgan fingerprint density at radius 1 is 0.556 bits per heavy atom. The molecular weight excluding hydrogens is 332 g/mol. The first-order valence-corrected chi connectivity index (χ1v) is 9.11. The van der Waals surface area contributed by atoms with Crippen molar-refractivity contribution in [2.45, 2.75) is 6.92 Å². The highest BCUT2D eigenvalue weighted by atomic mass is 16.3. The minimum absolute atomic E-state index is 0.858. The summed E-state index contributed by atoms with van der Waals surface area (Å²) in [4.78, 5) is 0. The van der Waals surface area contributed by atoms with Gasteiger partial charge >= 0.3 is 0 Å². The third kappa shape index (κ3) is 2.07. The van der Waals surface area contributed by atoms with Crippen molar-refractivity contribution >= 4 is 43.9 Å². The molecule has 0 aliphatic carbocycles. The Morgan fingerprint density at radius 2 is 1.33 bits per heavy atom. The molecule has 2 heterocycles. The average Bonchev–Trinajstić information content (AvgIpc) is 3.23. The van der Waals surface area contributed by atoms with Gasteiger partial charge in [0.2, 0.25) is 0 Å². The summed E-state index contributed by atoms with van der Waals surface area (Å²) < 4.78 is 12.3. The van der Waals surface area contributed by atoms with E-state index in [2.05, 4.69) is 61.5 Å². The van der Waals surface area contributed by atoms with Gasteiger partial charge in [0.05, 0.1) is 0 Å². The average molecular weight is 348 g/mol. The van der Waals surface area contributed by atoms with Crippen LogP contribution < -0.4 is 0 Å². The number of fused-ring (bicyclic) bond motifs is 6. The van der Waals surface area contributed by atoms with Crippen molar-refractivity contribution in [1.82, 2.24) is 0 Å². The summed E-state index contributed by atoms with van der Waals surface area (Å²) in [5.41, 5.74) is 7.09. The Balaban J connectivity index is 1.72. The van der Waals surface area contributed by atoms with Gasteiger partial charge in [0.25, 0.3) is 0 Å². The van der Waals surface area contributed by atoms with Crippen LogP contribution in [0.4, 0.5) is 0 Å². The molecule has 0 aliphatic heterocycles. The van der Waals surface area contributed by atoms with Crippen LogP contribution in [0.25, 0.3) is 55.0 Å². The molecule has 2 nitrogen and oxygen atoms in total. The van der Waals surface area contributed by atoms with Gasteiger partial charge in [0.15, 0.2) is 0 Å². The van der Waals surface area contributed by atoms with E-state index < -0.39 is 0 Å². The van der Waals surface area contributed by atoms with Gasteiger partial charge in [-0.15, -0.1) is 0 Å². The second kappa shape index (κ2) is 5.24. The van der Waals surface area contributed by atoms with Crippen LogP contribution in [-0.4, -0.2) is 0 Å². The Kier molecular flexibility index (Phi) is 2.84. The zero-order valence-corrected chi connectivity index (χ0v) is 14.8. The maximum absolute atomic E-state index is 6.32. The summed E-state index contributed by atoms with van der Waals surface area (Å²) in [7, 11) is 0. The maximum Gasteiger partial charge on any atom is 0.143 e. The smallest absolute Gasteiger partial charge is 0.143 e. The second-order valence-electron chi connectivity index (χ2n) is 7.10. The third-order valence-electron chi connectivity index (χ3n) is 5.33. The van der Waals surface area contributed by atoms with Crippen molar-refractivity contribution in [1.29, 1.82) is 0 Å². The summed E-state index contributed by atoms with van der Waals surface area (Å²) >= 11 is 0. The van der Waals surface area contributed by atoms with E-state index in [0.29, 0.717) is 0 Å². The molecule has 0 amide bonds. The highest BCUT2D eigenvalue weighted by Gasteiger charge is 2.15. The zero-order chi connectivity index (χ0) is 18.0. The summed E-state index contributed by atoms with van der Waals surface area (Å²) in [5.74, 6) is 0. The zero-order valence-electron chi connectivity index (χ0n) is 14.8. The summed E-state index contributed by atoms with van der Waals surface area (Å²) in [6.07, 6.45) is 0. The number of para-hydroxylation sites is 2. The molecular formula is C25H16O2. The Morgan fingerprint density at radius 3 is 2.26 bits per heavy atom. The molecule has 0 saturated carbocycles. The lowest BCUT2D eigenvalue weighted by atomic mass is 10.0. The van der Waals surface area contributed by atoms with E-state index in [1.165, 1.54) is 11.1 Å². The van der Waals surface area contributed by atoms with Crippen LogP contribution in [0.15, 0.2) is 87.7 Å². The molecule has 27 heavy (non-hydrogen) atoms. The molecule has 2 aromatic heterocycles. The lowest BCUT2D eigenvalue weighted by molar-refractivity contribution is 0.656. The molecule has 128 valence electrons. The first kappa shape index (κ1) is 14.6. The van der Waals surface area contributed by atoms with Gasteiger partial charge in [-0.1, -0.05) is 66.2 Å². The van der Waals surface area contributed by atoms with Gasteiger partial charge in [0, 0.05) is 33.2 Å². The van der Waals surface area contributed by atoms with Crippen molar-refractivity contribution in [3.8, 4) is 11.1 Å². The molecule has 4 aromatic carbocycles. The number of hydrogen-bond donors (Lipinski definition) is 0. The van der Waals surface area contributed by atoms with Gasteiger partial charge in [0.1, 0.15) is 22.3 Å². The van der Waals surface area contributed by atoms with Gasteiger partial charge in [-0.3, -0.25) is 0 Å². The highest BCUT2D eigenvalue weighted by molar-refractivity contribution is 6.16. The summed E-state index contributed by atoms with van der Waals surface area (Å²) in [6, 6.07) is 27.3. The van der Waals surface area contributed by atoms with Gasteiger partial charge in [-0.25, -0.2) is 0 Å². The summed E-state index contributed by atoms with van der Waals surface area (Å²) in [6.45, 7) is 2.11. The van der Waals surface area contributed by atoms with E-state index in [1.807, 2.05) is 24.3 Å². The topological polar surface area (TPSA) is 26.3 Å². The van der Waals surface area contributed by atoms with E-state index >= 15 is 0 Å². The Labute approximate surface area is 155 Å². The molecule has 0 spiro atoms. The SMILES string of the molecule is Cc1cccc(-c2cccc3c2oc2cc4oc5ccccc5c4cc23)c1. The standard InChI is InChI=1S/C25H16O2/c1-15-6-4-7-16(12-15)17-9-5-10-19-21-13-20-18-8-2-3-11-22(18)26-23(20)14-24(21)27-25(17)19/h2-14H,1H3. The van der Waals surface area contributed by atoms with Crippen LogP contribution >= 0.6 is 0 Å². The molecule has 0 aliphatic rings. The van der Waals surface area contributed by atoms with Crippen molar-refractivity contribution in [2.75, 3.05) is 0 Å². The molecule has 0 bridgehead atoms. The van der Waals surface area contributed by atoms with E-state index in [0.717, 1.165) is 49.4 Å². The second-order valence-corrected chi connectivity index (χ2v) is 7.10. The van der Waals surface area contributed by atoms with Gasteiger partial charge in [-0.05, 0) is 24.6 Å². The fraction of sp³-hybridized carbons (Fsp3) is 0.0400. The summed E-state index contributed by atoms with van der Waals surface area (Å²) in [5, 5.41) is 4.52. The quantitative estimate of drug-likeness (QED) is 0.308. The monoisotopic (exact) mass is 348 g/mol. The molecule has 2 heteroatoms. The van der Waals surface area contributed by atoms with Crippen LogP contribution in [0.3, 0.4) is 0 Å². The Bertz CT molecular complexity index is 1480. The fourth-order valence-corrected chi connectivity index (χ4v) is 4.06. The number of benzene rings is 4. The normalized spacial score (nSPS) is 11.9. The molecule has 6 aromatic rings. The van der Waals surface area contributed by atoms with E-state index in [-0.39, 0.29) is 0 Å². The first-order valence-electron chi connectivity index (χ1n) is 9.11.